The second-order valence-electron chi connectivity index (χ2n) is 6.01. The zero-order valence-electron chi connectivity index (χ0n) is 14.2. The molecule has 0 saturated heterocycles. The van der Waals surface area contributed by atoms with Gasteiger partial charge in [-0.3, -0.25) is 0 Å². The van der Waals surface area contributed by atoms with Crippen LogP contribution in [0.4, 0.5) is 26.3 Å². The fourth-order valence-corrected chi connectivity index (χ4v) is 2.67. The first-order valence-corrected chi connectivity index (χ1v) is 7.71. The Morgan fingerprint density at radius 3 is 1.90 bits per heavy atom. The SMILES string of the molecule is Cc1cc(C(F)(F)F)c(OC(=O)c2ccc3c(c2)C(=O)OC3=O)c(C(F)(F)F)c1. The van der Waals surface area contributed by atoms with Crippen LogP contribution in [-0.2, 0) is 17.1 Å². The summed E-state index contributed by atoms with van der Waals surface area (Å²) in [6.45, 7) is 1.03. The van der Waals surface area contributed by atoms with Crippen molar-refractivity contribution < 1.29 is 50.2 Å². The molecule has 0 aromatic heterocycles. The number of halogens is 6. The van der Waals surface area contributed by atoms with Crippen molar-refractivity contribution in [2.75, 3.05) is 0 Å². The highest BCUT2D eigenvalue weighted by atomic mass is 19.4. The second-order valence-corrected chi connectivity index (χ2v) is 6.01. The van der Waals surface area contributed by atoms with E-state index >= 15 is 0 Å². The quantitative estimate of drug-likeness (QED) is 0.310. The molecule has 0 N–H and O–H groups in total. The molecule has 0 bridgehead atoms. The lowest BCUT2D eigenvalue weighted by Crippen LogP contribution is -2.19. The minimum absolute atomic E-state index is 0.200. The van der Waals surface area contributed by atoms with Crippen LogP contribution in [-0.4, -0.2) is 17.9 Å². The van der Waals surface area contributed by atoms with E-state index in [1.807, 2.05) is 0 Å². The molecule has 0 saturated carbocycles. The number of benzene rings is 2. The molecule has 0 atom stereocenters. The van der Waals surface area contributed by atoms with E-state index in [-0.39, 0.29) is 16.7 Å². The van der Waals surface area contributed by atoms with Gasteiger partial charge in [0.25, 0.3) is 0 Å². The van der Waals surface area contributed by atoms with E-state index in [0.717, 1.165) is 25.1 Å². The molecule has 5 nitrogen and oxygen atoms in total. The standard InChI is InChI=1S/C18H8F6O5/c1-7-4-11(17(19,20)21)13(12(5-7)18(22,23)24)28-14(25)8-2-3-9-10(6-8)16(27)29-15(9)26/h2-6H,1H3. The topological polar surface area (TPSA) is 69.7 Å². The van der Waals surface area contributed by atoms with E-state index in [1.165, 1.54) is 0 Å². The van der Waals surface area contributed by atoms with Gasteiger partial charge in [0, 0.05) is 0 Å². The van der Waals surface area contributed by atoms with E-state index in [9.17, 15) is 40.7 Å². The Bertz CT molecular complexity index is 1020. The van der Waals surface area contributed by atoms with Crippen molar-refractivity contribution in [3.8, 4) is 5.75 Å². The third kappa shape index (κ3) is 3.80. The van der Waals surface area contributed by atoms with Crippen molar-refractivity contribution in [1.29, 1.82) is 0 Å². The van der Waals surface area contributed by atoms with Gasteiger partial charge < -0.3 is 9.47 Å². The smallest absolute Gasteiger partial charge is 0.420 e. The first-order chi connectivity index (χ1) is 13.3. The van der Waals surface area contributed by atoms with Crippen LogP contribution in [0.5, 0.6) is 5.75 Å². The van der Waals surface area contributed by atoms with Crippen LogP contribution in [0, 0.1) is 6.92 Å². The van der Waals surface area contributed by atoms with Gasteiger partial charge in [0.1, 0.15) is 0 Å². The Kier molecular flexibility index (Phi) is 4.64. The summed E-state index contributed by atoms with van der Waals surface area (Å²) in [5, 5.41) is 0. The molecule has 0 unspecified atom stereocenters. The highest BCUT2D eigenvalue weighted by Crippen LogP contribution is 2.45. The van der Waals surface area contributed by atoms with Crippen molar-refractivity contribution in [1.82, 2.24) is 0 Å². The molecule has 2 aromatic carbocycles. The zero-order valence-corrected chi connectivity index (χ0v) is 14.2. The van der Waals surface area contributed by atoms with Gasteiger partial charge in [-0.2, -0.15) is 26.3 Å². The molecule has 0 radical (unpaired) electrons. The number of hydrogen-bond donors (Lipinski definition) is 0. The lowest BCUT2D eigenvalue weighted by Gasteiger charge is -2.19. The number of rotatable bonds is 2. The van der Waals surface area contributed by atoms with Gasteiger partial charge in [0.15, 0.2) is 5.75 Å². The van der Waals surface area contributed by atoms with E-state index < -0.39 is 52.7 Å². The van der Waals surface area contributed by atoms with E-state index in [0.29, 0.717) is 12.1 Å². The highest BCUT2D eigenvalue weighted by Gasteiger charge is 2.43. The van der Waals surface area contributed by atoms with Crippen molar-refractivity contribution in [2.24, 2.45) is 0 Å². The Morgan fingerprint density at radius 1 is 0.862 bits per heavy atom. The average Bonchev–Trinajstić information content (AvgIpc) is 2.88. The molecule has 11 heteroatoms. The summed E-state index contributed by atoms with van der Waals surface area (Å²) in [4.78, 5) is 35.2. The summed E-state index contributed by atoms with van der Waals surface area (Å²) in [5.74, 6) is -5.40. The lowest BCUT2D eigenvalue weighted by molar-refractivity contribution is -0.145. The van der Waals surface area contributed by atoms with Crippen LogP contribution in [0.3, 0.4) is 0 Å². The molecule has 29 heavy (non-hydrogen) atoms. The van der Waals surface area contributed by atoms with Gasteiger partial charge in [-0.05, 0) is 42.8 Å². The van der Waals surface area contributed by atoms with Gasteiger partial charge in [0.05, 0.1) is 27.8 Å². The summed E-state index contributed by atoms with van der Waals surface area (Å²) in [6, 6.07) is 3.51. The molecular weight excluding hydrogens is 410 g/mol. The predicted octanol–water partition coefficient (Wildman–Crippen LogP) is 4.56. The van der Waals surface area contributed by atoms with Crippen LogP contribution >= 0.6 is 0 Å². The van der Waals surface area contributed by atoms with E-state index in [1.54, 1.807) is 0 Å². The predicted molar refractivity (Wildman–Crippen MR) is 82.3 cm³/mol. The fourth-order valence-electron chi connectivity index (χ4n) is 2.67. The number of esters is 3. The Hall–Kier alpha value is -3.37. The van der Waals surface area contributed by atoms with Crippen LogP contribution in [0.25, 0.3) is 0 Å². The Morgan fingerprint density at radius 2 is 1.38 bits per heavy atom. The number of aryl methyl sites for hydroxylation is 1. The van der Waals surface area contributed by atoms with Crippen LogP contribution < -0.4 is 4.74 Å². The van der Waals surface area contributed by atoms with Crippen LogP contribution in [0.2, 0.25) is 0 Å². The fraction of sp³-hybridized carbons (Fsp3) is 0.167. The van der Waals surface area contributed by atoms with Gasteiger partial charge in [0.2, 0.25) is 0 Å². The van der Waals surface area contributed by atoms with Gasteiger partial charge >= 0.3 is 30.3 Å². The molecule has 3 rings (SSSR count). The van der Waals surface area contributed by atoms with Gasteiger partial charge in [-0.25, -0.2) is 14.4 Å². The van der Waals surface area contributed by atoms with Gasteiger partial charge in [-0.15, -0.1) is 0 Å². The van der Waals surface area contributed by atoms with Crippen molar-refractivity contribution >= 4 is 17.9 Å². The van der Waals surface area contributed by atoms with Crippen LogP contribution in [0.15, 0.2) is 30.3 Å². The molecule has 1 heterocycles. The van der Waals surface area contributed by atoms with E-state index in [2.05, 4.69) is 9.47 Å². The molecule has 152 valence electrons. The first kappa shape index (κ1) is 20.4. The number of cyclic esters (lactones) is 2. The highest BCUT2D eigenvalue weighted by molar-refractivity contribution is 6.15. The summed E-state index contributed by atoms with van der Waals surface area (Å²) >= 11 is 0. The molecule has 0 amide bonds. The lowest BCUT2D eigenvalue weighted by atomic mass is 10.0. The van der Waals surface area contributed by atoms with Crippen LogP contribution in [0.1, 0.15) is 47.8 Å². The minimum Gasteiger partial charge on any atom is -0.422 e. The minimum atomic E-state index is -5.24. The maximum Gasteiger partial charge on any atom is 0.420 e. The second kappa shape index (κ2) is 6.61. The largest absolute Gasteiger partial charge is 0.422 e. The number of carbonyl (C=O) groups excluding carboxylic acids is 3. The number of carbonyl (C=O) groups is 3. The molecule has 1 aliphatic heterocycles. The monoisotopic (exact) mass is 418 g/mol. The van der Waals surface area contributed by atoms with Crippen molar-refractivity contribution in [3.05, 3.63) is 63.7 Å². The maximum atomic E-state index is 13.3. The van der Waals surface area contributed by atoms with Crippen molar-refractivity contribution in [3.63, 3.8) is 0 Å². The first-order valence-electron chi connectivity index (χ1n) is 7.71. The number of ether oxygens (including phenoxy) is 2. The molecular formula is C18H8F6O5. The summed E-state index contributed by atoms with van der Waals surface area (Å²) in [5.41, 5.74) is -5.02. The zero-order chi connectivity index (χ0) is 21.7. The average molecular weight is 418 g/mol. The maximum absolute atomic E-state index is 13.3. The Labute approximate surface area is 157 Å². The normalized spacial score (nSPS) is 13.9. The third-order valence-corrected chi connectivity index (χ3v) is 3.92. The Balaban J connectivity index is 2.08. The number of hydrogen-bond acceptors (Lipinski definition) is 5. The molecule has 2 aromatic rings. The summed E-state index contributed by atoms with van der Waals surface area (Å²) in [6.07, 6.45) is -10.5. The number of fused-ring (bicyclic) bond motifs is 1. The third-order valence-electron chi connectivity index (χ3n) is 3.92. The molecule has 0 fully saturated rings. The summed E-state index contributed by atoms with van der Waals surface area (Å²) < 4.78 is 88.4. The van der Waals surface area contributed by atoms with Gasteiger partial charge in [-0.1, -0.05) is 0 Å². The molecule has 1 aliphatic rings. The number of alkyl halides is 6. The summed E-state index contributed by atoms with van der Waals surface area (Å²) in [7, 11) is 0. The molecule has 0 aliphatic carbocycles. The van der Waals surface area contributed by atoms with E-state index in [4.69, 9.17) is 0 Å². The van der Waals surface area contributed by atoms with Crippen molar-refractivity contribution in [2.45, 2.75) is 19.3 Å². The molecule has 0 spiro atoms.